The number of amides is 1. The summed E-state index contributed by atoms with van der Waals surface area (Å²) in [4.78, 5) is 13.6. The van der Waals surface area contributed by atoms with Crippen LogP contribution in [-0.4, -0.2) is 19.0 Å². The summed E-state index contributed by atoms with van der Waals surface area (Å²) in [6, 6.07) is 9.14. The van der Waals surface area contributed by atoms with E-state index < -0.39 is 0 Å². The molecule has 1 atom stereocenters. The molecule has 4 heteroatoms. The smallest absolute Gasteiger partial charge is 0.228 e. The molecule has 4 nitrogen and oxygen atoms in total. The first kappa shape index (κ1) is 12.6. The molecule has 1 aliphatic rings. The van der Waals surface area contributed by atoms with Crippen LogP contribution in [0.25, 0.3) is 0 Å². The highest BCUT2D eigenvalue weighted by Gasteiger charge is 2.30. The maximum atomic E-state index is 12.1. The van der Waals surface area contributed by atoms with Gasteiger partial charge in [0.25, 0.3) is 0 Å². The molecule has 0 aromatic heterocycles. The highest BCUT2D eigenvalue weighted by atomic mass is 16.2. The van der Waals surface area contributed by atoms with Gasteiger partial charge >= 0.3 is 0 Å². The first-order chi connectivity index (χ1) is 8.63. The fourth-order valence-electron chi connectivity index (χ4n) is 2.02. The summed E-state index contributed by atoms with van der Waals surface area (Å²) in [5, 5.41) is 9.02. The third kappa shape index (κ3) is 2.69. The van der Waals surface area contributed by atoms with Gasteiger partial charge in [-0.1, -0.05) is 12.1 Å². The van der Waals surface area contributed by atoms with Crippen molar-refractivity contribution in [3.05, 3.63) is 29.8 Å². The Kier molecular flexibility index (Phi) is 3.63. The van der Waals surface area contributed by atoms with Crippen LogP contribution < -0.4 is 10.6 Å². The maximum absolute atomic E-state index is 12.1. The summed E-state index contributed by atoms with van der Waals surface area (Å²) in [5.74, 6) is 0.477. The summed E-state index contributed by atoms with van der Waals surface area (Å²) in [6.45, 7) is 0. The van der Waals surface area contributed by atoms with Crippen LogP contribution >= 0.6 is 0 Å². The molecule has 1 aliphatic carbocycles. The Balaban J connectivity index is 2.07. The second-order valence-electron chi connectivity index (χ2n) is 4.79. The average Bonchev–Trinajstić information content (AvgIpc) is 3.22. The molecule has 1 fully saturated rings. The van der Waals surface area contributed by atoms with E-state index in [2.05, 4.69) is 6.07 Å². The fourth-order valence-corrected chi connectivity index (χ4v) is 2.02. The number of carbonyl (C=O) groups is 1. The lowest BCUT2D eigenvalue weighted by atomic mass is 10.1. The maximum Gasteiger partial charge on any atom is 0.228 e. The van der Waals surface area contributed by atoms with E-state index in [1.54, 1.807) is 25.2 Å². The predicted molar refractivity (Wildman–Crippen MR) is 69.9 cm³/mol. The molecule has 0 radical (unpaired) electrons. The second kappa shape index (κ2) is 5.19. The topological polar surface area (TPSA) is 70.1 Å². The zero-order chi connectivity index (χ0) is 13.1. The van der Waals surface area contributed by atoms with Crippen LogP contribution in [0.4, 0.5) is 5.69 Å². The molecule has 1 aromatic carbocycles. The number of carbonyl (C=O) groups excluding carboxylic acids is 1. The molecule has 1 aromatic rings. The minimum absolute atomic E-state index is 0.0305. The zero-order valence-corrected chi connectivity index (χ0v) is 10.5. The van der Waals surface area contributed by atoms with Gasteiger partial charge in [0, 0.05) is 19.5 Å². The monoisotopic (exact) mass is 243 g/mol. The van der Waals surface area contributed by atoms with Crippen molar-refractivity contribution in [3.8, 4) is 6.07 Å². The van der Waals surface area contributed by atoms with E-state index in [1.807, 2.05) is 6.07 Å². The van der Waals surface area contributed by atoms with Crippen LogP contribution in [0.3, 0.4) is 0 Å². The quantitative estimate of drug-likeness (QED) is 0.874. The van der Waals surface area contributed by atoms with E-state index in [-0.39, 0.29) is 11.9 Å². The van der Waals surface area contributed by atoms with E-state index in [4.69, 9.17) is 11.0 Å². The minimum atomic E-state index is -0.0470. The normalized spacial score (nSPS) is 15.8. The van der Waals surface area contributed by atoms with Crippen molar-refractivity contribution in [2.75, 3.05) is 11.9 Å². The van der Waals surface area contributed by atoms with Crippen molar-refractivity contribution in [2.24, 2.45) is 11.7 Å². The van der Waals surface area contributed by atoms with Crippen LogP contribution in [0.15, 0.2) is 24.3 Å². The number of nitrogens with two attached hydrogens (primary N) is 1. The number of benzene rings is 1. The number of hydrogen-bond acceptors (Lipinski definition) is 3. The van der Waals surface area contributed by atoms with E-state index >= 15 is 0 Å². The van der Waals surface area contributed by atoms with Crippen LogP contribution in [0, 0.1) is 17.2 Å². The Morgan fingerprint density at radius 3 is 2.83 bits per heavy atom. The number of hydrogen-bond donors (Lipinski definition) is 1. The molecule has 0 spiro atoms. The lowest BCUT2D eigenvalue weighted by Crippen LogP contribution is -2.34. The van der Waals surface area contributed by atoms with Gasteiger partial charge in [-0.05, 0) is 30.9 Å². The largest absolute Gasteiger partial charge is 0.327 e. The Morgan fingerprint density at radius 2 is 2.22 bits per heavy atom. The van der Waals surface area contributed by atoms with E-state index in [1.165, 1.54) is 4.90 Å². The van der Waals surface area contributed by atoms with Gasteiger partial charge in [0.15, 0.2) is 0 Å². The molecule has 0 saturated heterocycles. The highest BCUT2D eigenvalue weighted by molar-refractivity contribution is 5.94. The van der Waals surface area contributed by atoms with Gasteiger partial charge in [0.2, 0.25) is 5.91 Å². The highest BCUT2D eigenvalue weighted by Crippen LogP contribution is 2.33. The van der Waals surface area contributed by atoms with E-state index in [0.717, 1.165) is 12.8 Å². The summed E-state index contributed by atoms with van der Waals surface area (Å²) in [6.07, 6.45) is 2.61. The number of para-hydroxylation sites is 1. The van der Waals surface area contributed by atoms with Gasteiger partial charge in [-0.25, -0.2) is 0 Å². The van der Waals surface area contributed by atoms with Crippen LogP contribution in [0.1, 0.15) is 24.8 Å². The van der Waals surface area contributed by atoms with Gasteiger partial charge in [-0.15, -0.1) is 0 Å². The SMILES string of the molecule is CN(C(=O)CC(N)C1CC1)c1ccccc1C#N. The number of nitriles is 1. The Bertz CT molecular complexity index is 488. The summed E-state index contributed by atoms with van der Waals surface area (Å²) >= 11 is 0. The molecular weight excluding hydrogens is 226 g/mol. The van der Waals surface area contributed by atoms with Gasteiger partial charge in [-0.2, -0.15) is 5.26 Å². The molecule has 0 aliphatic heterocycles. The number of anilines is 1. The van der Waals surface area contributed by atoms with Crippen LogP contribution in [-0.2, 0) is 4.79 Å². The summed E-state index contributed by atoms with van der Waals surface area (Å²) in [5.41, 5.74) is 7.11. The second-order valence-corrected chi connectivity index (χ2v) is 4.79. The summed E-state index contributed by atoms with van der Waals surface area (Å²) < 4.78 is 0. The van der Waals surface area contributed by atoms with Gasteiger partial charge < -0.3 is 10.6 Å². The first-order valence-electron chi connectivity index (χ1n) is 6.14. The molecule has 2 N–H and O–H groups in total. The number of rotatable bonds is 4. The molecule has 0 bridgehead atoms. The van der Waals surface area contributed by atoms with Crippen LogP contribution in [0.5, 0.6) is 0 Å². The third-order valence-electron chi connectivity index (χ3n) is 3.40. The number of nitrogens with zero attached hydrogens (tertiary/aromatic N) is 2. The molecule has 94 valence electrons. The Morgan fingerprint density at radius 1 is 1.56 bits per heavy atom. The van der Waals surface area contributed by atoms with Gasteiger partial charge in [0.05, 0.1) is 11.3 Å². The predicted octanol–water partition coefficient (Wildman–Crippen LogP) is 1.65. The first-order valence-corrected chi connectivity index (χ1v) is 6.14. The van der Waals surface area contributed by atoms with Crippen molar-refractivity contribution in [1.29, 1.82) is 5.26 Å². The van der Waals surface area contributed by atoms with Crippen molar-refractivity contribution < 1.29 is 4.79 Å². The lowest BCUT2D eigenvalue weighted by Gasteiger charge is -2.20. The minimum Gasteiger partial charge on any atom is -0.327 e. The fraction of sp³-hybridized carbons (Fsp3) is 0.429. The van der Waals surface area contributed by atoms with Crippen molar-refractivity contribution in [3.63, 3.8) is 0 Å². The Labute approximate surface area is 107 Å². The summed E-state index contributed by atoms with van der Waals surface area (Å²) in [7, 11) is 1.69. The van der Waals surface area contributed by atoms with E-state index in [0.29, 0.717) is 23.6 Å². The zero-order valence-electron chi connectivity index (χ0n) is 10.5. The lowest BCUT2D eigenvalue weighted by molar-refractivity contribution is -0.118. The molecule has 1 saturated carbocycles. The molecule has 1 unspecified atom stereocenters. The third-order valence-corrected chi connectivity index (χ3v) is 3.40. The molecule has 1 amide bonds. The Hall–Kier alpha value is -1.86. The van der Waals surface area contributed by atoms with Gasteiger partial charge in [-0.3, -0.25) is 4.79 Å². The van der Waals surface area contributed by atoms with Crippen molar-refractivity contribution >= 4 is 11.6 Å². The van der Waals surface area contributed by atoms with Crippen molar-refractivity contribution in [2.45, 2.75) is 25.3 Å². The molecule has 2 rings (SSSR count). The van der Waals surface area contributed by atoms with Gasteiger partial charge in [0.1, 0.15) is 6.07 Å². The van der Waals surface area contributed by atoms with E-state index in [9.17, 15) is 4.79 Å². The average molecular weight is 243 g/mol. The molecule has 18 heavy (non-hydrogen) atoms. The van der Waals surface area contributed by atoms with Crippen molar-refractivity contribution in [1.82, 2.24) is 0 Å². The molecule has 0 heterocycles. The molecular formula is C14H17N3O. The van der Waals surface area contributed by atoms with Crippen LogP contribution in [0.2, 0.25) is 0 Å². The standard InChI is InChI=1S/C14H17N3O/c1-17(13-5-3-2-4-11(13)9-15)14(18)8-12(16)10-6-7-10/h2-5,10,12H,6-8,16H2,1H3.